The molecular weight excluding hydrogens is 302 g/mol. The van der Waals surface area contributed by atoms with E-state index >= 15 is 0 Å². The van der Waals surface area contributed by atoms with Gasteiger partial charge in [0.15, 0.2) is 0 Å². The normalized spacial score (nSPS) is 14.5. The maximum atomic E-state index is 10.9. The molecule has 0 unspecified atom stereocenters. The molecular formula is C18H23N5O. The van der Waals surface area contributed by atoms with Gasteiger partial charge in [0.2, 0.25) is 12.4 Å². The van der Waals surface area contributed by atoms with Gasteiger partial charge < -0.3 is 15.1 Å². The van der Waals surface area contributed by atoms with Gasteiger partial charge in [-0.1, -0.05) is 37.3 Å². The molecule has 1 aliphatic heterocycles. The van der Waals surface area contributed by atoms with Gasteiger partial charge in [0.25, 0.3) is 0 Å². The molecule has 1 aromatic carbocycles. The van der Waals surface area contributed by atoms with Crippen molar-refractivity contribution in [3.05, 3.63) is 36.4 Å². The molecule has 2 aromatic rings. The maximum Gasteiger partial charge on any atom is 0.225 e. The fourth-order valence-electron chi connectivity index (χ4n) is 2.73. The van der Waals surface area contributed by atoms with Crippen molar-refractivity contribution in [1.29, 1.82) is 0 Å². The zero-order valence-corrected chi connectivity index (χ0v) is 14.0. The third-order valence-electron chi connectivity index (χ3n) is 4.10. The number of carbonyl (C=O) groups is 1. The molecule has 0 atom stereocenters. The lowest BCUT2D eigenvalue weighted by molar-refractivity contribution is -0.118. The number of piperazine rings is 1. The van der Waals surface area contributed by atoms with Gasteiger partial charge >= 0.3 is 0 Å². The largest absolute Gasteiger partial charge is 0.354 e. The van der Waals surface area contributed by atoms with Crippen LogP contribution in [0.25, 0.3) is 11.3 Å². The second-order valence-corrected chi connectivity index (χ2v) is 5.86. The first kappa shape index (κ1) is 16.2. The Labute approximate surface area is 142 Å². The van der Waals surface area contributed by atoms with Crippen LogP contribution in [-0.4, -0.2) is 54.0 Å². The number of carbonyl (C=O) groups excluding carboxylic acids is 1. The summed E-state index contributed by atoms with van der Waals surface area (Å²) in [7, 11) is 0. The van der Waals surface area contributed by atoms with Gasteiger partial charge in [0, 0.05) is 44.4 Å². The van der Waals surface area contributed by atoms with E-state index in [-0.39, 0.29) is 0 Å². The first-order valence-electron chi connectivity index (χ1n) is 8.43. The fraction of sp³-hybridized carbons (Fsp3) is 0.389. The quantitative estimate of drug-likeness (QED) is 0.826. The van der Waals surface area contributed by atoms with E-state index in [9.17, 15) is 4.79 Å². The Balaban J connectivity index is 1.88. The Hall–Kier alpha value is -2.63. The van der Waals surface area contributed by atoms with Crippen LogP contribution in [0.1, 0.15) is 13.3 Å². The number of nitrogens with zero attached hydrogens (tertiary/aromatic N) is 4. The third-order valence-corrected chi connectivity index (χ3v) is 4.10. The summed E-state index contributed by atoms with van der Waals surface area (Å²) in [5, 5.41) is 3.29. The monoisotopic (exact) mass is 325 g/mol. The Morgan fingerprint density at radius 1 is 1.12 bits per heavy atom. The van der Waals surface area contributed by atoms with Crippen LogP contribution in [0.15, 0.2) is 36.4 Å². The fourth-order valence-corrected chi connectivity index (χ4v) is 2.73. The summed E-state index contributed by atoms with van der Waals surface area (Å²) in [6, 6.07) is 12.2. The second-order valence-electron chi connectivity index (χ2n) is 5.86. The van der Waals surface area contributed by atoms with Crippen LogP contribution >= 0.6 is 0 Å². The van der Waals surface area contributed by atoms with Crippen LogP contribution in [0.4, 0.5) is 11.8 Å². The number of hydrogen-bond donors (Lipinski definition) is 1. The van der Waals surface area contributed by atoms with Gasteiger partial charge in [-0.15, -0.1) is 0 Å². The highest BCUT2D eigenvalue weighted by atomic mass is 16.1. The molecule has 0 bridgehead atoms. The highest BCUT2D eigenvalue weighted by Gasteiger charge is 2.18. The molecule has 24 heavy (non-hydrogen) atoms. The number of rotatable bonds is 6. The van der Waals surface area contributed by atoms with Crippen LogP contribution < -0.4 is 10.2 Å². The average molecular weight is 325 g/mol. The summed E-state index contributed by atoms with van der Waals surface area (Å²) >= 11 is 0. The number of nitrogens with one attached hydrogen (secondary N) is 1. The molecule has 1 saturated heterocycles. The minimum Gasteiger partial charge on any atom is -0.354 e. The first-order valence-corrected chi connectivity index (χ1v) is 8.43. The zero-order valence-electron chi connectivity index (χ0n) is 14.0. The summed E-state index contributed by atoms with van der Waals surface area (Å²) < 4.78 is 0. The zero-order chi connectivity index (χ0) is 16.8. The lowest BCUT2D eigenvalue weighted by atomic mass is 10.1. The van der Waals surface area contributed by atoms with Gasteiger partial charge in [-0.2, -0.15) is 4.98 Å². The molecule has 6 heteroatoms. The van der Waals surface area contributed by atoms with Crippen LogP contribution in [0.3, 0.4) is 0 Å². The molecule has 3 rings (SSSR count). The molecule has 0 radical (unpaired) electrons. The van der Waals surface area contributed by atoms with Crippen LogP contribution in [0.2, 0.25) is 0 Å². The number of anilines is 2. The minimum atomic E-state index is 0.658. The molecule has 1 amide bonds. The van der Waals surface area contributed by atoms with Gasteiger partial charge in [-0.3, -0.25) is 4.79 Å². The average Bonchev–Trinajstić information content (AvgIpc) is 2.67. The summed E-state index contributed by atoms with van der Waals surface area (Å²) in [4.78, 5) is 24.2. The Morgan fingerprint density at radius 2 is 1.88 bits per heavy atom. The topological polar surface area (TPSA) is 61.4 Å². The Kier molecular flexibility index (Phi) is 5.25. The van der Waals surface area contributed by atoms with Crippen molar-refractivity contribution >= 4 is 18.2 Å². The highest BCUT2D eigenvalue weighted by molar-refractivity contribution is 5.65. The van der Waals surface area contributed by atoms with E-state index in [0.717, 1.165) is 62.6 Å². The summed E-state index contributed by atoms with van der Waals surface area (Å²) in [5.74, 6) is 1.57. The van der Waals surface area contributed by atoms with Crippen LogP contribution in [0.5, 0.6) is 0 Å². The van der Waals surface area contributed by atoms with Gasteiger partial charge in [0.1, 0.15) is 5.82 Å². The molecule has 1 aromatic heterocycles. The van der Waals surface area contributed by atoms with Crippen molar-refractivity contribution in [2.24, 2.45) is 0 Å². The van der Waals surface area contributed by atoms with E-state index in [1.807, 2.05) is 24.3 Å². The summed E-state index contributed by atoms with van der Waals surface area (Å²) in [6.07, 6.45) is 1.94. The van der Waals surface area contributed by atoms with E-state index in [1.54, 1.807) is 4.90 Å². The van der Waals surface area contributed by atoms with Gasteiger partial charge in [0.05, 0.1) is 5.69 Å². The van der Waals surface area contributed by atoms with E-state index in [1.165, 1.54) is 0 Å². The van der Waals surface area contributed by atoms with E-state index in [4.69, 9.17) is 0 Å². The van der Waals surface area contributed by atoms with Gasteiger partial charge in [-0.05, 0) is 6.42 Å². The van der Waals surface area contributed by atoms with E-state index in [0.29, 0.717) is 5.95 Å². The first-order chi connectivity index (χ1) is 11.8. The Bertz CT molecular complexity index is 668. The standard InChI is InChI=1S/C18H23N5O/c1-2-8-19-18-20-16(15-6-4-3-5-7-15)13-17(21-18)23-11-9-22(14-24)10-12-23/h3-7,13-14H,2,8-12H2,1H3,(H,19,20,21). The molecule has 1 fully saturated rings. The van der Waals surface area contributed by atoms with Crippen molar-refractivity contribution in [3.63, 3.8) is 0 Å². The smallest absolute Gasteiger partial charge is 0.225 e. The number of aromatic nitrogens is 2. The molecule has 0 aliphatic carbocycles. The molecule has 0 spiro atoms. The minimum absolute atomic E-state index is 0.658. The third kappa shape index (κ3) is 3.82. The van der Waals surface area contributed by atoms with Crippen molar-refractivity contribution in [2.75, 3.05) is 42.9 Å². The van der Waals surface area contributed by atoms with E-state index in [2.05, 4.69) is 39.2 Å². The van der Waals surface area contributed by atoms with Crippen molar-refractivity contribution in [3.8, 4) is 11.3 Å². The molecule has 6 nitrogen and oxygen atoms in total. The molecule has 0 saturated carbocycles. The molecule has 126 valence electrons. The predicted octanol–water partition coefficient (Wildman–Crippen LogP) is 2.24. The predicted molar refractivity (Wildman–Crippen MR) is 96.1 cm³/mol. The molecule has 1 N–H and O–H groups in total. The second kappa shape index (κ2) is 7.77. The maximum absolute atomic E-state index is 10.9. The Morgan fingerprint density at radius 3 is 2.54 bits per heavy atom. The number of benzene rings is 1. The van der Waals surface area contributed by atoms with E-state index < -0.39 is 0 Å². The lowest BCUT2D eigenvalue weighted by Crippen LogP contribution is -2.46. The van der Waals surface area contributed by atoms with Crippen molar-refractivity contribution in [1.82, 2.24) is 14.9 Å². The number of hydrogen-bond acceptors (Lipinski definition) is 5. The molecule has 2 heterocycles. The summed E-state index contributed by atoms with van der Waals surface area (Å²) in [5.41, 5.74) is 1.99. The van der Waals surface area contributed by atoms with Crippen molar-refractivity contribution in [2.45, 2.75) is 13.3 Å². The van der Waals surface area contributed by atoms with Crippen molar-refractivity contribution < 1.29 is 4.79 Å². The molecule has 1 aliphatic rings. The highest BCUT2D eigenvalue weighted by Crippen LogP contribution is 2.24. The van der Waals surface area contributed by atoms with Crippen LogP contribution in [0, 0.1) is 0 Å². The lowest BCUT2D eigenvalue weighted by Gasteiger charge is -2.33. The summed E-state index contributed by atoms with van der Waals surface area (Å²) in [6.45, 7) is 6.00. The SMILES string of the molecule is CCCNc1nc(-c2ccccc2)cc(N2CCN(C=O)CC2)n1. The van der Waals surface area contributed by atoms with Crippen LogP contribution in [-0.2, 0) is 4.79 Å². The number of amides is 1. The van der Waals surface area contributed by atoms with Gasteiger partial charge in [-0.25, -0.2) is 4.98 Å².